The Morgan fingerprint density at radius 1 is 0.356 bits per heavy atom. The molecule has 0 aromatic heterocycles. The number of ether oxygens (including phenoxy) is 12. The molecule has 0 aromatic rings. The number of hydrogen-bond acceptors (Lipinski definition) is 32. The molecule has 0 spiro atoms. The smallest absolute Gasteiger partial charge is 0.311 e. The zero-order valence-corrected chi connectivity index (χ0v) is 48.0. The van der Waals surface area contributed by atoms with E-state index in [2.05, 4.69) is 31.2 Å². The van der Waals surface area contributed by atoms with Crippen LogP contribution < -0.4 is 0 Å². The molecule has 0 amide bonds. The molecule has 22 aliphatic heterocycles. The van der Waals surface area contributed by atoms with E-state index in [1.54, 1.807) is 0 Å². The van der Waals surface area contributed by atoms with E-state index >= 15 is 0 Å². The van der Waals surface area contributed by atoms with Crippen molar-refractivity contribution in [2.75, 3.05) is 39.6 Å². The minimum Gasteiger partial charge on any atom is -0.481 e. The third kappa shape index (κ3) is 18.3. The zero-order chi connectivity index (χ0) is 63.9. The van der Waals surface area contributed by atoms with Crippen LogP contribution in [0.3, 0.4) is 0 Å². The predicted octanol–water partition coefficient (Wildman–Crippen LogP) is -7.85. The third-order valence-corrected chi connectivity index (χ3v) is 16.1. The summed E-state index contributed by atoms with van der Waals surface area (Å²) in [7, 11) is 0. The summed E-state index contributed by atoms with van der Waals surface area (Å²) in [5.74, 6) is -4.13. The summed E-state index contributed by atoms with van der Waals surface area (Å²) in [4.78, 5) is 10.3. The normalized spacial score (nSPS) is 45.7. The highest BCUT2D eigenvalue weighted by Gasteiger charge is 2.62. The Morgan fingerprint density at radius 2 is 0.655 bits per heavy atom. The van der Waals surface area contributed by atoms with Gasteiger partial charge in [0.2, 0.25) is 0 Å². The van der Waals surface area contributed by atoms with E-state index in [0.29, 0.717) is 6.42 Å². The van der Waals surface area contributed by atoms with Crippen LogP contribution in [0.2, 0.25) is 0 Å². The first kappa shape index (κ1) is 73.8. The van der Waals surface area contributed by atoms with Gasteiger partial charge in [-0.15, -0.1) is 0 Å². The lowest BCUT2D eigenvalue weighted by molar-refractivity contribution is -0.481. The fourth-order valence-corrected chi connectivity index (χ4v) is 11.1. The summed E-state index contributed by atoms with van der Waals surface area (Å²) < 4.78 is 67.1. The number of hydrogen-bond donors (Lipinski definition) is 20. The number of allylic oxidation sites excluding steroid dienone is 4. The van der Waals surface area contributed by atoms with Crippen molar-refractivity contribution < 1.29 is 164 Å². The molecule has 30 atom stereocenters. The predicted molar refractivity (Wildman–Crippen MR) is 284 cm³/mol. The maximum absolute atomic E-state index is 11.4. The number of aliphatic hydroxyl groups is 19. The molecule has 0 unspecified atom stereocenters. The van der Waals surface area contributed by atoms with Crippen LogP contribution in [0.5, 0.6) is 0 Å². The van der Waals surface area contributed by atoms with Crippen molar-refractivity contribution in [3.05, 3.63) is 24.3 Å². The summed E-state index contributed by atoms with van der Waals surface area (Å²) >= 11 is 0. The van der Waals surface area contributed by atoms with Gasteiger partial charge in [0.25, 0.3) is 0 Å². The van der Waals surface area contributed by atoms with Crippen LogP contribution in [-0.2, 0) is 61.6 Å². The Balaban J connectivity index is 0.000000517. The van der Waals surface area contributed by atoms with Gasteiger partial charge >= 0.3 is 11.9 Å². The summed E-state index contributed by atoms with van der Waals surface area (Å²) in [5, 5.41) is 216. The van der Waals surface area contributed by atoms with Crippen molar-refractivity contribution in [1.82, 2.24) is 0 Å². The molecular weight excluding hydrogens is 1180 g/mol. The summed E-state index contributed by atoms with van der Waals surface area (Å²) in [6, 6.07) is 0. The van der Waals surface area contributed by atoms with E-state index in [9.17, 15) is 102 Å². The molecule has 506 valence electrons. The van der Waals surface area contributed by atoms with Gasteiger partial charge in [-0.2, -0.15) is 0 Å². The van der Waals surface area contributed by atoms with Crippen LogP contribution in [0.15, 0.2) is 24.3 Å². The van der Waals surface area contributed by atoms with Crippen molar-refractivity contribution in [2.24, 2.45) is 0 Å². The van der Waals surface area contributed by atoms with Gasteiger partial charge in [-0.3, -0.25) is 4.79 Å². The van der Waals surface area contributed by atoms with E-state index in [0.717, 1.165) is 25.7 Å². The van der Waals surface area contributed by atoms with Crippen molar-refractivity contribution in [2.45, 2.75) is 268 Å². The summed E-state index contributed by atoms with van der Waals surface area (Å²) in [5.41, 5.74) is 0. The molecule has 22 heterocycles. The minimum atomic E-state index is -3.46. The first-order valence-corrected chi connectivity index (χ1v) is 29.5. The van der Waals surface area contributed by atoms with Gasteiger partial charge in [0.15, 0.2) is 37.6 Å². The lowest BCUT2D eigenvalue weighted by atomic mass is 9.94. The molecule has 22 fully saturated rings. The van der Waals surface area contributed by atoms with Crippen molar-refractivity contribution in [3.63, 3.8) is 0 Å². The largest absolute Gasteiger partial charge is 0.481 e. The fraction of sp³-hybridized carbons (Fsp3) is 0.907. The maximum Gasteiger partial charge on any atom is 0.311 e. The molecule has 12 bridgehead atoms. The van der Waals surface area contributed by atoms with Crippen molar-refractivity contribution >= 4 is 5.97 Å². The molecule has 22 saturated heterocycles. The average molecular weight is 1270 g/mol. The molecule has 22 rings (SSSR count). The monoisotopic (exact) mass is 1270 g/mol. The molecule has 0 radical (unpaired) electrons. The van der Waals surface area contributed by atoms with Gasteiger partial charge < -0.3 is 159 Å². The lowest BCUT2D eigenvalue weighted by Crippen LogP contribution is -2.71. The van der Waals surface area contributed by atoms with Gasteiger partial charge in [0, 0.05) is 6.42 Å². The number of aliphatic hydroxyl groups excluding tert-OH is 18. The second-order valence-electron chi connectivity index (χ2n) is 22.4. The van der Waals surface area contributed by atoms with Crippen LogP contribution in [0, 0.1) is 0 Å². The van der Waals surface area contributed by atoms with Gasteiger partial charge in [0.05, 0.1) is 39.6 Å². The van der Waals surface area contributed by atoms with Gasteiger partial charge in [-0.05, 0) is 38.5 Å². The maximum atomic E-state index is 11.4. The Morgan fingerprint density at radius 3 is 0.989 bits per heavy atom. The first-order valence-electron chi connectivity index (χ1n) is 29.5. The Bertz CT molecular complexity index is 2040. The van der Waals surface area contributed by atoms with E-state index in [1.807, 2.05) is 0 Å². The molecule has 33 nitrogen and oxygen atoms in total. The van der Waals surface area contributed by atoms with Gasteiger partial charge in [-0.25, -0.2) is 0 Å². The van der Waals surface area contributed by atoms with E-state index in [-0.39, 0.29) is 0 Å². The Kier molecular flexibility index (Phi) is 29.8. The van der Waals surface area contributed by atoms with E-state index < -0.39 is 230 Å². The van der Waals surface area contributed by atoms with Crippen molar-refractivity contribution in [1.29, 1.82) is 0 Å². The molecule has 87 heavy (non-hydrogen) atoms. The van der Waals surface area contributed by atoms with E-state index in [4.69, 9.17) is 61.9 Å². The number of rotatable bonds is 20. The highest BCUT2D eigenvalue weighted by Crippen LogP contribution is 2.40. The van der Waals surface area contributed by atoms with Gasteiger partial charge in [-0.1, -0.05) is 63.3 Å². The van der Waals surface area contributed by atoms with Gasteiger partial charge in [0.1, 0.15) is 140 Å². The molecule has 0 aromatic carbocycles. The standard InChI is InChI=1S/C36H60O31.C18H32O2/c37-1-7-25-13(43)18(48)31(56-7)61-24-8(2-38)57-32(19(49)14(24)44)63-26-10(4-40)59-34(21(51)16(26)46)65-28-12(6-42)66-36(55,30(54)23(28)53)67-29-11(5-41)60-35(22(52)17(29)47)64-27-9(3-39)58-33(62-25)20(50)15(27)45;1-2-3-4-5-6-7-8-9-10-11-12-13-14-15-16-17-18(19)20/h7-35,37-55H,1-6H2;6-7,9-10H,2-5,8,11-17H2,1H3,(H,19,20)/b;7-6-,10-9-/t7-,8-,9-,10-,11-,12-,13-,14-,15-,16-,17-,18-,19-,20-,21-,22-,23+,24-,25-,26-,27-,28-,29-,30-,31-,32-,33-,34-,35-,36+;/m1./s1. The van der Waals surface area contributed by atoms with E-state index in [1.165, 1.54) is 44.9 Å². The molecule has 0 saturated carbocycles. The molecule has 20 N–H and O–H groups in total. The second kappa shape index (κ2) is 35.1. The van der Waals surface area contributed by atoms with Crippen LogP contribution in [0.1, 0.15) is 84.0 Å². The Hall–Kier alpha value is -2.29. The highest BCUT2D eigenvalue weighted by atomic mass is 16.9. The topological polar surface area (TPSA) is 532 Å². The van der Waals surface area contributed by atoms with Crippen LogP contribution in [-0.4, -0.2) is 332 Å². The molecular formula is C54H92O33. The lowest BCUT2D eigenvalue weighted by Gasteiger charge is -2.52. The molecule has 33 heteroatoms. The number of carboxylic acid groups (broad SMARTS) is 1. The SMILES string of the molecule is CCCCC/C=C\C/C=C\CCCCCCCC(=O)O.OC[C@H]1O[C@@H]2O[C@H]3[C@H](O)[C@@H](O)[C@@H](O[C@H]4[C@H](O)[C@@H](O)[C@@H](O[C@H]5[C@H](O)[C@@H](O)[C@@](O)(O[C@H]6[C@H](O)[C@@H](O)[C@@H](O[C@H]7[C@H](O)[C@@H](O)[C@@H](O[C@H]1[C@H](O)[C@H]2O)O[C@@H]7CO)O[C@@H]6CO)O[C@@H]5CO)O[C@@H]4CO)O[C@@H]3CO. The number of carboxylic acids is 1. The van der Waals surface area contributed by atoms with Crippen molar-refractivity contribution in [3.8, 4) is 0 Å². The molecule has 22 aliphatic rings. The number of carbonyl (C=O) groups is 1. The fourth-order valence-electron chi connectivity index (χ4n) is 11.1. The zero-order valence-electron chi connectivity index (χ0n) is 48.0. The number of unbranched alkanes of at least 4 members (excludes halogenated alkanes) is 8. The quantitative estimate of drug-likeness (QED) is 0.0398. The first-order chi connectivity index (χ1) is 41.5. The summed E-state index contributed by atoms with van der Waals surface area (Å²) in [6.07, 6.45) is -37.1. The number of aliphatic carboxylic acids is 1. The minimum absolute atomic E-state index is 0.324. The van der Waals surface area contributed by atoms with Crippen LogP contribution >= 0.6 is 0 Å². The van der Waals surface area contributed by atoms with Crippen LogP contribution in [0.25, 0.3) is 0 Å². The average Bonchev–Trinajstić information content (AvgIpc) is 0.955. The highest BCUT2D eigenvalue weighted by molar-refractivity contribution is 5.66. The second-order valence-corrected chi connectivity index (χ2v) is 22.4. The Labute approximate surface area is 500 Å². The molecule has 0 aliphatic carbocycles. The van der Waals surface area contributed by atoms with Crippen LogP contribution in [0.4, 0.5) is 0 Å². The summed E-state index contributed by atoms with van der Waals surface area (Å²) in [6.45, 7) is -4.17. The third-order valence-electron chi connectivity index (χ3n) is 16.1.